The van der Waals surface area contributed by atoms with E-state index in [9.17, 15) is 8.42 Å². The van der Waals surface area contributed by atoms with Crippen molar-refractivity contribution in [1.82, 2.24) is 14.9 Å². The van der Waals surface area contributed by atoms with E-state index >= 15 is 0 Å². The summed E-state index contributed by atoms with van der Waals surface area (Å²) in [6.07, 6.45) is 3.18. The zero-order valence-corrected chi connectivity index (χ0v) is 12.2. The normalized spacial score (nSPS) is 17.9. The molecule has 0 radical (unpaired) electrons. The molecular formula is C13H15N3O4S. The minimum Gasteiger partial charge on any atom is -0.497 e. The van der Waals surface area contributed by atoms with Crippen LogP contribution in [0.2, 0.25) is 0 Å². The van der Waals surface area contributed by atoms with Gasteiger partial charge in [-0.05, 0) is 6.07 Å². The Hall–Kier alpha value is -2.06. The van der Waals surface area contributed by atoms with Gasteiger partial charge in [-0.15, -0.1) is 0 Å². The molecule has 1 aliphatic rings. The molecule has 1 aromatic carbocycles. The summed E-state index contributed by atoms with van der Waals surface area (Å²) in [6, 6.07) is 5.02. The first kappa shape index (κ1) is 13.9. The van der Waals surface area contributed by atoms with Gasteiger partial charge >= 0.3 is 0 Å². The highest BCUT2D eigenvalue weighted by Crippen LogP contribution is 2.35. The molecule has 0 saturated heterocycles. The maximum Gasteiger partial charge on any atom is 0.244 e. The second kappa shape index (κ2) is 5.38. The predicted octanol–water partition coefficient (Wildman–Crippen LogP) is 1.22. The Morgan fingerprint density at radius 2 is 2.33 bits per heavy atom. The number of methoxy groups -OCH3 is 1. The molecule has 0 amide bonds. The van der Waals surface area contributed by atoms with Crippen molar-refractivity contribution in [3.05, 3.63) is 36.2 Å². The number of H-pyrrole nitrogens is 1. The van der Waals surface area contributed by atoms with Crippen LogP contribution in [0.25, 0.3) is 0 Å². The quantitative estimate of drug-likeness (QED) is 0.886. The van der Waals surface area contributed by atoms with Crippen molar-refractivity contribution in [3.8, 4) is 11.5 Å². The lowest BCUT2D eigenvalue weighted by molar-refractivity contribution is 0.261. The van der Waals surface area contributed by atoms with Gasteiger partial charge < -0.3 is 9.47 Å². The highest BCUT2D eigenvalue weighted by atomic mass is 32.2. The smallest absolute Gasteiger partial charge is 0.244 e. The fraction of sp³-hybridized carbons (Fsp3) is 0.308. The number of hydrogen-bond donors (Lipinski definition) is 2. The van der Waals surface area contributed by atoms with E-state index in [0.29, 0.717) is 24.5 Å². The van der Waals surface area contributed by atoms with Gasteiger partial charge in [-0.1, -0.05) is 6.07 Å². The monoisotopic (exact) mass is 309 g/mol. The summed E-state index contributed by atoms with van der Waals surface area (Å²) in [6.45, 7) is 0.443. The van der Waals surface area contributed by atoms with Crippen LogP contribution < -0.4 is 14.2 Å². The average Bonchev–Trinajstić information content (AvgIpc) is 3.02. The third-order valence-electron chi connectivity index (χ3n) is 3.34. The van der Waals surface area contributed by atoms with Crippen molar-refractivity contribution in [2.75, 3.05) is 13.7 Å². The van der Waals surface area contributed by atoms with Gasteiger partial charge in [0.25, 0.3) is 0 Å². The van der Waals surface area contributed by atoms with E-state index in [4.69, 9.17) is 9.47 Å². The maximum absolute atomic E-state index is 12.3. The SMILES string of the molecule is COc1ccc2c(c1)OCCC2NS(=O)(=O)c1cn[nH]c1. The van der Waals surface area contributed by atoms with Gasteiger partial charge in [-0.25, -0.2) is 13.1 Å². The molecule has 2 N–H and O–H groups in total. The molecule has 1 atom stereocenters. The van der Waals surface area contributed by atoms with E-state index in [1.807, 2.05) is 6.07 Å². The van der Waals surface area contributed by atoms with Crippen molar-refractivity contribution >= 4 is 10.0 Å². The zero-order chi connectivity index (χ0) is 14.9. The summed E-state index contributed by atoms with van der Waals surface area (Å²) in [4.78, 5) is 0.115. The molecule has 112 valence electrons. The van der Waals surface area contributed by atoms with Gasteiger partial charge in [0.2, 0.25) is 10.0 Å². The number of benzene rings is 1. The minimum atomic E-state index is -3.61. The summed E-state index contributed by atoms with van der Waals surface area (Å²) in [7, 11) is -2.03. The number of nitrogens with one attached hydrogen (secondary N) is 2. The van der Waals surface area contributed by atoms with Crippen molar-refractivity contribution in [3.63, 3.8) is 0 Å². The number of rotatable bonds is 4. The summed E-state index contributed by atoms with van der Waals surface area (Å²) in [5, 5.41) is 6.16. The molecule has 1 aliphatic heterocycles. The Morgan fingerprint density at radius 1 is 1.48 bits per heavy atom. The number of fused-ring (bicyclic) bond motifs is 1. The molecule has 7 nitrogen and oxygen atoms in total. The van der Waals surface area contributed by atoms with Crippen LogP contribution in [0.4, 0.5) is 0 Å². The second-order valence-electron chi connectivity index (χ2n) is 4.65. The maximum atomic E-state index is 12.3. The fourth-order valence-corrected chi connectivity index (χ4v) is 3.42. The van der Waals surface area contributed by atoms with Crippen molar-refractivity contribution in [2.24, 2.45) is 0 Å². The van der Waals surface area contributed by atoms with Crippen LogP contribution in [0.3, 0.4) is 0 Å². The van der Waals surface area contributed by atoms with Gasteiger partial charge in [0.05, 0.1) is 26.0 Å². The van der Waals surface area contributed by atoms with Gasteiger partial charge in [-0.2, -0.15) is 5.10 Å². The summed E-state index contributed by atoms with van der Waals surface area (Å²) in [5.41, 5.74) is 0.800. The number of aromatic amines is 1. The Bertz CT molecular complexity index is 728. The van der Waals surface area contributed by atoms with Crippen molar-refractivity contribution < 1.29 is 17.9 Å². The number of hydrogen-bond acceptors (Lipinski definition) is 5. The standard InChI is InChI=1S/C13H15N3O4S/c1-19-9-2-3-11-12(4-5-20-13(11)6-9)16-21(17,18)10-7-14-15-8-10/h2-3,6-8,12,16H,4-5H2,1H3,(H,14,15). The van der Waals surface area contributed by atoms with Gasteiger partial charge in [0.15, 0.2) is 0 Å². The number of ether oxygens (including phenoxy) is 2. The van der Waals surface area contributed by atoms with Crippen LogP contribution in [0.1, 0.15) is 18.0 Å². The largest absolute Gasteiger partial charge is 0.497 e. The van der Waals surface area contributed by atoms with E-state index < -0.39 is 10.0 Å². The lowest BCUT2D eigenvalue weighted by atomic mass is 10.0. The summed E-state index contributed by atoms with van der Waals surface area (Å²) in [5.74, 6) is 1.31. The molecule has 1 unspecified atom stereocenters. The van der Waals surface area contributed by atoms with Crippen LogP contribution in [0, 0.1) is 0 Å². The van der Waals surface area contributed by atoms with Gasteiger partial charge in [-0.3, -0.25) is 5.10 Å². The highest BCUT2D eigenvalue weighted by molar-refractivity contribution is 7.89. The average molecular weight is 309 g/mol. The molecule has 0 saturated carbocycles. The number of aromatic nitrogens is 2. The molecule has 2 aromatic rings. The third-order valence-corrected chi connectivity index (χ3v) is 4.78. The number of nitrogens with zero attached hydrogens (tertiary/aromatic N) is 1. The Balaban J connectivity index is 1.89. The molecule has 0 aliphatic carbocycles. The first-order valence-electron chi connectivity index (χ1n) is 6.42. The molecular weight excluding hydrogens is 294 g/mol. The third kappa shape index (κ3) is 2.72. The van der Waals surface area contributed by atoms with Crippen molar-refractivity contribution in [2.45, 2.75) is 17.4 Å². The van der Waals surface area contributed by atoms with Crippen LogP contribution in [-0.4, -0.2) is 32.3 Å². The van der Waals surface area contributed by atoms with E-state index in [-0.39, 0.29) is 10.9 Å². The highest BCUT2D eigenvalue weighted by Gasteiger charge is 2.27. The van der Waals surface area contributed by atoms with Crippen LogP contribution in [-0.2, 0) is 10.0 Å². The lowest BCUT2D eigenvalue weighted by Crippen LogP contribution is -2.32. The Labute approximate surface area is 122 Å². The summed E-state index contributed by atoms with van der Waals surface area (Å²) >= 11 is 0. The number of sulfonamides is 1. The van der Waals surface area contributed by atoms with Crippen LogP contribution >= 0.6 is 0 Å². The topological polar surface area (TPSA) is 93.3 Å². The van der Waals surface area contributed by atoms with Crippen LogP contribution in [0.5, 0.6) is 11.5 Å². The lowest BCUT2D eigenvalue weighted by Gasteiger charge is -2.26. The fourth-order valence-electron chi connectivity index (χ4n) is 2.26. The molecule has 0 fully saturated rings. The van der Waals surface area contributed by atoms with Gasteiger partial charge in [0.1, 0.15) is 16.4 Å². The van der Waals surface area contributed by atoms with E-state index in [1.54, 1.807) is 19.2 Å². The van der Waals surface area contributed by atoms with Crippen molar-refractivity contribution in [1.29, 1.82) is 0 Å². The Kier molecular flexibility index (Phi) is 3.56. The van der Waals surface area contributed by atoms with Crippen LogP contribution in [0.15, 0.2) is 35.5 Å². The van der Waals surface area contributed by atoms with Gasteiger partial charge in [0, 0.05) is 24.2 Å². The molecule has 3 rings (SSSR count). The second-order valence-corrected chi connectivity index (χ2v) is 6.36. The molecule has 0 bridgehead atoms. The Morgan fingerprint density at radius 3 is 3.05 bits per heavy atom. The zero-order valence-electron chi connectivity index (χ0n) is 11.4. The summed E-state index contributed by atoms with van der Waals surface area (Å²) < 4.78 is 37.9. The van der Waals surface area contributed by atoms with E-state index in [1.165, 1.54) is 12.4 Å². The van der Waals surface area contributed by atoms with E-state index in [2.05, 4.69) is 14.9 Å². The molecule has 1 aromatic heterocycles. The van der Waals surface area contributed by atoms with E-state index in [0.717, 1.165) is 5.56 Å². The molecule has 21 heavy (non-hydrogen) atoms. The first-order chi connectivity index (χ1) is 10.1. The predicted molar refractivity (Wildman–Crippen MR) is 74.8 cm³/mol. The molecule has 8 heteroatoms. The first-order valence-corrected chi connectivity index (χ1v) is 7.90. The molecule has 2 heterocycles. The molecule has 0 spiro atoms. The minimum absolute atomic E-state index is 0.115.